The van der Waals surface area contributed by atoms with Crippen molar-refractivity contribution in [1.29, 1.82) is 0 Å². The lowest BCUT2D eigenvalue weighted by molar-refractivity contribution is 0.0766. The van der Waals surface area contributed by atoms with Crippen molar-refractivity contribution < 1.29 is 9.90 Å². The normalized spacial score (nSPS) is 10.1. The van der Waals surface area contributed by atoms with Gasteiger partial charge in [-0.1, -0.05) is 22.0 Å². The molecule has 1 amide bonds. The molecule has 0 aromatic heterocycles. The van der Waals surface area contributed by atoms with Crippen LogP contribution in [0.15, 0.2) is 22.7 Å². The van der Waals surface area contributed by atoms with Crippen LogP contribution in [0, 0.1) is 6.92 Å². The van der Waals surface area contributed by atoms with Gasteiger partial charge in [-0.15, -0.1) is 0 Å². The third-order valence-electron chi connectivity index (χ3n) is 2.21. The molecule has 82 valence electrons. The lowest BCUT2D eigenvalue weighted by Crippen LogP contribution is -2.29. The lowest BCUT2D eigenvalue weighted by Gasteiger charge is -2.17. The highest BCUT2D eigenvalue weighted by Gasteiger charge is 2.13. The summed E-state index contributed by atoms with van der Waals surface area (Å²) >= 11 is 3.33. The molecule has 4 heteroatoms. The van der Waals surface area contributed by atoms with E-state index in [1.165, 1.54) is 4.90 Å². The molecule has 0 atom stereocenters. The van der Waals surface area contributed by atoms with E-state index in [0.29, 0.717) is 12.1 Å². The molecule has 0 radical (unpaired) electrons. The summed E-state index contributed by atoms with van der Waals surface area (Å²) in [5.74, 6) is -0.0668. The van der Waals surface area contributed by atoms with Crippen LogP contribution in [0.3, 0.4) is 0 Å². The van der Waals surface area contributed by atoms with Crippen molar-refractivity contribution in [3.05, 3.63) is 33.8 Å². The number of aryl methyl sites for hydroxylation is 1. The summed E-state index contributed by atoms with van der Waals surface area (Å²) in [6.07, 6.45) is 0. The number of amides is 1. The molecular formula is C11H14BrNO2. The third-order valence-corrected chi connectivity index (χ3v) is 2.71. The zero-order valence-electron chi connectivity index (χ0n) is 8.83. The number of likely N-dealkylation sites (N-methyl/N-ethyl adjacent to an activating group) is 1. The summed E-state index contributed by atoms with van der Waals surface area (Å²) in [4.78, 5) is 13.4. The number of aliphatic hydroxyl groups is 1. The topological polar surface area (TPSA) is 40.5 Å². The van der Waals surface area contributed by atoms with Gasteiger partial charge in [0.15, 0.2) is 0 Å². The number of carbonyl (C=O) groups excluding carboxylic acids is 1. The Bertz CT molecular complexity index is 366. The van der Waals surface area contributed by atoms with Crippen molar-refractivity contribution in [2.45, 2.75) is 6.92 Å². The van der Waals surface area contributed by atoms with Gasteiger partial charge in [-0.3, -0.25) is 4.79 Å². The Labute approximate surface area is 97.8 Å². The molecule has 0 spiro atoms. The number of hydrogen-bond donors (Lipinski definition) is 1. The fraction of sp³-hybridized carbons (Fsp3) is 0.364. The highest BCUT2D eigenvalue weighted by atomic mass is 79.9. The average Bonchev–Trinajstić information content (AvgIpc) is 2.21. The first kappa shape index (κ1) is 12.2. The van der Waals surface area contributed by atoms with Crippen molar-refractivity contribution in [3.63, 3.8) is 0 Å². The summed E-state index contributed by atoms with van der Waals surface area (Å²) in [6, 6.07) is 5.59. The number of nitrogens with zero attached hydrogens (tertiary/aromatic N) is 1. The molecule has 1 rings (SSSR count). The Morgan fingerprint density at radius 1 is 1.53 bits per heavy atom. The Kier molecular flexibility index (Phi) is 4.29. The van der Waals surface area contributed by atoms with Crippen molar-refractivity contribution in [3.8, 4) is 0 Å². The molecule has 3 nitrogen and oxygen atoms in total. The molecule has 1 aromatic rings. The SMILES string of the molecule is Cc1ccc(Br)cc1C(=O)N(C)CCO. The smallest absolute Gasteiger partial charge is 0.253 e. The highest BCUT2D eigenvalue weighted by molar-refractivity contribution is 9.10. The van der Waals surface area contributed by atoms with E-state index in [2.05, 4.69) is 15.9 Å². The van der Waals surface area contributed by atoms with E-state index in [1.54, 1.807) is 13.1 Å². The van der Waals surface area contributed by atoms with Crippen LogP contribution in [-0.2, 0) is 0 Å². The fourth-order valence-electron chi connectivity index (χ4n) is 1.28. The van der Waals surface area contributed by atoms with E-state index in [-0.39, 0.29) is 12.5 Å². The van der Waals surface area contributed by atoms with E-state index < -0.39 is 0 Å². The van der Waals surface area contributed by atoms with E-state index in [0.717, 1.165) is 10.0 Å². The van der Waals surface area contributed by atoms with Gasteiger partial charge in [0.1, 0.15) is 0 Å². The quantitative estimate of drug-likeness (QED) is 0.911. The van der Waals surface area contributed by atoms with Crippen molar-refractivity contribution in [2.75, 3.05) is 20.2 Å². The molecule has 0 fully saturated rings. The summed E-state index contributed by atoms with van der Waals surface area (Å²) in [5, 5.41) is 8.75. The van der Waals surface area contributed by atoms with Gasteiger partial charge in [-0.2, -0.15) is 0 Å². The number of hydrogen-bond acceptors (Lipinski definition) is 2. The fourth-order valence-corrected chi connectivity index (χ4v) is 1.64. The zero-order valence-corrected chi connectivity index (χ0v) is 10.4. The van der Waals surface area contributed by atoms with Crippen molar-refractivity contribution >= 4 is 21.8 Å². The molecule has 0 aliphatic heterocycles. The molecule has 0 unspecified atom stereocenters. The maximum Gasteiger partial charge on any atom is 0.253 e. The second-order valence-electron chi connectivity index (χ2n) is 3.41. The number of rotatable bonds is 3. The standard InChI is InChI=1S/C11H14BrNO2/c1-8-3-4-9(12)7-10(8)11(15)13(2)5-6-14/h3-4,7,14H,5-6H2,1-2H3. The molecule has 0 heterocycles. The van der Waals surface area contributed by atoms with Crippen LogP contribution in [0.4, 0.5) is 0 Å². The minimum absolute atomic E-state index is 0.0186. The van der Waals surface area contributed by atoms with E-state index >= 15 is 0 Å². The molecule has 1 N–H and O–H groups in total. The molecule has 0 aliphatic carbocycles. The molecule has 0 aliphatic rings. The first-order chi connectivity index (χ1) is 7.06. The van der Waals surface area contributed by atoms with Crippen LogP contribution in [-0.4, -0.2) is 36.1 Å². The van der Waals surface area contributed by atoms with Crippen LogP contribution in [0.2, 0.25) is 0 Å². The van der Waals surface area contributed by atoms with Gasteiger partial charge in [0.25, 0.3) is 5.91 Å². The van der Waals surface area contributed by atoms with Crippen molar-refractivity contribution in [1.82, 2.24) is 4.90 Å². The molecule has 1 aromatic carbocycles. The van der Waals surface area contributed by atoms with Crippen LogP contribution in [0.1, 0.15) is 15.9 Å². The first-order valence-corrected chi connectivity index (χ1v) is 5.48. The van der Waals surface area contributed by atoms with Gasteiger partial charge in [0.2, 0.25) is 0 Å². The molecule has 0 saturated carbocycles. The van der Waals surface area contributed by atoms with Gasteiger partial charge in [0, 0.05) is 23.6 Å². The third kappa shape index (κ3) is 3.04. The second kappa shape index (κ2) is 5.28. The minimum atomic E-state index is -0.0668. The lowest BCUT2D eigenvalue weighted by atomic mass is 10.1. The van der Waals surface area contributed by atoms with Crippen LogP contribution >= 0.6 is 15.9 Å². The molecule has 0 saturated heterocycles. The monoisotopic (exact) mass is 271 g/mol. The van der Waals surface area contributed by atoms with Crippen LogP contribution in [0.5, 0.6) is 0 Å². The average molecular weight is 272 g/mol. The number of benzene rings is 1. The summed E-state index contributed by atoms with van der Waals surface area (Å²) in [6.45, 7) is 2.23. The number of carbonyl (C=O) groups is 1. The molecule has 15 heavy (non-hydrogen) atoms. The van der Waals surface area contributed by atoms with E-state index in [9.17, 15) is 4.79 Å². The molecule has 0 bridgehead atoms. The maximum atomic E-state index is 11.9. The van der Waals surface area contributed by atoms with Crippen LogP contribution in [0.25, 0.3) is 0 Å². The van der Waals surface area contributed by atoms with E-state index in [1.807, 2.05) is 19.1 Å². The zero-order chi connectivity index (χ0) is 11.4. The van der Waals surface area contributed by atoms with E-state index in [4.69, 9.17) is 5.11 Å². The van der Waals surface area contributed by atoms with Gasteiger partial charge in [-0.25, -0.2) is 0 Å². The Morgan fingerprint density at radius 3 is 2.80 bits per heavy atom. The number of halogens is 1. The Morgan fingerprint density at radius 2 is 2.20 bits per heavy atom. The number of aliphatic hydroxyl groups excluding tert-OH is 1. The summed E-state index contributed by atoms with van der Waals surface area (Å²) < 4.78 is 0.883. The summed E-state index contributed by atoms with van der Waals surface area (Å²) in [5.41, 5.74) is 1.60. The molecular weight excluding hydrogens is 258 g/mol. The predicted molar refractivity (Wildman–Crippen MR) is 62.9 cm³/mol. The van der Waals surface area contributed by atoms with Gasteiger partial charge < -0.3 is 10.0 Å². The van der Waals surface area contributed by atoms with Crippen molar-refractivity contribution in [2.24, 2.45) is 0 Å². The second-order valence-corrected chi connectivity index (χ2v) is 4.33. The Hall–Kier alpha value is -0.870. The Balaban J connectivity index is 2.95. The first-order valence-electron chi connectivity index (χ1n) is 4.68. The minimum Gasteiger partial charge on any atom is -0.395 e. The maximum absolute atomic E-state index is 11.9. The largest absolute Gasteiger partial charge is 0.395 e. The van der Waals surface area contributed by atoms with Gasteiger partial charge in [0.05, 0.1) is 6.61 Å². The van der Waals surface area contributed by atoms with Gasteiger partial charge in [-0.05, 0) is 24.6 Å². The van der Waals surface area contributed by atoms with Crippen LogP contribution < -0.4 is 0 Å². The summed E-state index contributed by atoms with van der Waals surface area (Å²) in [7, 11) is 1.68. The predicted octanol–water partition coefficient (Wildman–Crippen LogP) is 1.82. The van der Waals surface area contributed by atoms with Gasteiger partial charge >= 0.3 is 0 Å². The highest BCUT2D eigenvalue weighted by Crippen LogP contribution is 2.17.